The van der Waals surface area contributed by atoms with Crippen LogP contribution in [0.25, 0.3) is 0 Å². The average molecular weight is 143 g/mol. The second-order valence-corrected chi connectivity index (χ2v) is 2.67. The number of nitrogens with zero attached hydrogens (tertiary/aromatic N) is 2. The highest BCUT2D eigenvalue weighted by molar-refractivity contribution is 7.80. The highest BCUT2D eigenvalue weighted by atomic mass is 32.1. The van der Waals surface area contributed by atoms with Gasteiger partial charge in [-0.05, 0) is 6.42 Å². The molecule has 0 saturated heterocycles. The molecule has 0 bridgehead atoms. The van der Waals surface area contributed by atoms with Crippen LogP contribution in [-0.2, 0) is 0 Å². The summed E-state index contributed by atoms with van der Waals surface area (Å²) in [6, 6.07) is 0. The molecule has 0 saturated carbocycles. The first kappa shape index (κ1) is 6.93. The van der Waals surface area contributed by atoms with Crippen LogP contribution in [0.15, 0.2) is 4.99 Å². The fourth-order valence-corrected chi connectivity index (χ4v) is 1.01. The first-order chi connectivity index (χ1) is 4.34. The Labute approximate surface area is 61.4 Å². The van der Waals surface area contributed by atoms with Gasteiger partial charge >= 0.3 is 0 Å². The molecular weight excluding hydrogens is 132 g/mol. The Morgan fingerprint density at radius 3 is 3.11 bits per heavy atom. The van der Waals surface area contributed by atoms with E-state index in [0.29, 0.717) is 0 Å². The van der Waals surface area contributed by atoms with E-state index in [4.69, 9.17) is 12.6 Å². The zero-order valence-electron chi connectivity index (χ0n) is 5.58. The molecule has 0 aromatic carbocycles. The van der Waals surface area contributed by atoms with Gasteiger partial charge in [0, 0.05) is 6.54 Å². The summed E-state index contributed by atoms with van der Waals surface area (Å²) in [6.07, 6.45) is 2.89. The lowest BCUT2D eigenvalue weighted by Crippen LogP contribution is -2.27. The highest BCUT2D eigenvalue weighted by Crippen LogP contribution is 2.08. The van der Waals surface area contributed by atoms with Crippen LogP contribution < -0.4 is 0 Å². The average Bonchev–Trinajstić information content (AvgIpc) is 2.37. The molecule has 1 aliphatic heterocycles. The van der Waals surface area contributed by atoms with Gasteiger partial charge in [-0.3, -0.25) is 4.99 Å². The van der Waals surface area contributed by atoms with Crippen molar-refractivity contribution in [3.05, 3.63) is 0 Å². The van der Waals surface area contributed by atoms with E-state index >= 15 is 0 Å². The van der Waals surface area contributed by atoms with Crippen LogP contribution in [-0.4, -0.2) is 29.7 Å². The Kier molecular flexibility index (Phi) is 2.39. The fourth-order valence-electron chi connectivity index (χ4n) is 0.846. The predicted octanol–water partition coefficient (Wildman–Crippen LogP) is 1.26. The number of rotatable bonds is 2. The summed E-state index contributed by atoms with van der Waals surface area (Å²) in [7, 11) is 0. The highest BCUT2D eigenvalue weighted by Gasteiger charge is 2.11. The lowest BCUT2D eigenvalue weighted by molar-refractivity contribution is 0.434. The van der Waals surface area contributed by atoms with E-state index in [1.165, 1.54) is 0 Å². The summed E-state index contributed by atoms with van der Waals surface area (Å²) in [6.45, 7) is 4.04. The Bertz CT molecular complexity index is 114. The summed E-state index contributed by atoms with van der Waals surface area (Å²) >= 11 is 5.13. The zero-order chi connectivity index (χ0) is 6.69. The molecule has 0 aromatic heterocycles. The minimum atomic E-state index is 0.260. The maximum Gasteiger partial charge on any atom is 0.0860 e. The van der Waals surface area contributed by atoms with Crippen LogP contribution >= 0.6 is 12.6 Å². The first-order valence-electron chi connectivity index (χ1n) is 3.26. The van der Waals surface area contributed by atoms with E-state index in [1.54, 1.807) is 0 Å². The standard InChI is InChI=1S/C6H11N2S/c1-2-6(9)8-4-3-7-5-8/h5-6H,2-4H2,1H3. The van der Waals surface area contributed by atoms with Gasteiger partial charge in [-0.1, -0.05) is 19.6 Å². The monoisotopic (exact) mass is 143 g/mol. The molecule has 2 nitrogen and oxygen atoms in total. The lowest BCUT2D eigenvalue weighted by atomic mass is 10.4. The predicted molar refractivity (Wildman–Crippen MR) is 41.7 cm³/mol. The topological polar surface area (TPSA) is 15.6 Å². The summed E-state index contributed by atoms with van der Waals surface area (Å²) < 4.78 is 0. The zero-order valence-corrected chi connectivity index (χ0v) is 6.40. The Hall–Kier alpha value is -0.180. The van der Waals surface area contributed by atoms with Crippen molar-refractivity contribution in [1.29, 1.82) is 0 Å². The summed E-state index contributed by atoms with van der Waals surface area (Å²) in [5.41, 5.74) is 0. The molecule has 1 unspecified atom stereocenters. The van der Waals surface area contributed by atoms with Gasteiger partial charge in [0.05, 0.1) is 18.3 Å². The summed E-state index contributed by atoms with van der Waals surface area (Å²) in [5.74, 6) is 0. The molecule has 1 atom stereocenters. The molecule has 9 heavy (non-hydrogen) atoms. The molecule has 0 N–H and O–H groups in total. The lowest BCUT2D eigenvalue weighted by Gasteiger charge is -2.18. The van der Waals surface area contributed by atoms with Crippen molar-refractivity contribution in [1.82, 2.24) is 4.90 Å². The molecule has 1 radical (unpaired) electrons. The molecular formula is C6H11N2S. The largest absolute Gasteiger partial charge is 0.348 e. The van der Waals surface area contributed by atoms with Crippen molar-refractivity contribution in [2.24, 2.45) is 4.99 Å². The van der Waals surface area contributed by atoms with Gasteiger partial charge in [0.15, 0.2) is 0 Å². The van der Waals surface area contributed by atoms with Gasteiger partial charge in [-0.25, -0.2) is 0 Å². The minimum absolute atomic E-state index is 0.260. The van der Waals surface area contributed by atoms with Gasteiger partial charge in [0.1, 0.15) is 0 Å². The van der Waals surface area contributed by atoms with Crippen molar-refractivity contribution in [2.45, 2.75) is 18.7 Å². The van der Waals surface area contributed by atoms with Crippen molar-refractivity contribution < 1.29 is 0 Å². The van der Waals surface area contributed by atoms with E-state index in [1.807, 2.05) is 6.34 Å². The second-order valence-electron chi connectivity index (χ2n) is 2.12. The normalized spacial score (nSPS) is 20.9. The van der Waals surface area contributed by atoms with Crippen molar-refractivity contribution in [3.8, 4) is 0 Å². The minimum Gasteiger partial charge on any atom is -0.348 e. The van der Waals surface area contributed by atoms with E-state index in [9.17, 15) is 0 Å². The van der Waals surface area contributed by atoms with E-state index in [-0.39, 0.29) is 5.37 Å². The first-order valence-corrected chi connectivity index (χ1v) is 3.73. The third kappa shape index (κ3) is 1.61. The SMILES string of the molecule is CCC([S])N1C=NCC1. The maximum absolute atomic E-state index is 5.13. The third-order valence-electron chi connectivity index (χ3n) is 1.44. The third-order valence-corrected chi connectivity index (χ3v) is 2.04. The maximum atomic E-state index is 5.13. The van der Waals surface area contributed by atoms with E-state index in [2.05, 4.69) is 16.8 Å². The molecule has 51 valence electrons. The number of hydrogen-bond donors (Lipinski definition) is 0. The van der Waals surface area contributed by atoms with Crippen LogP contribution in [0.4, 0.5) is 0 Å². The summed E-state index contributed by atoms with van der Waals surface area (Å²) in [5, 5.41) is 0.260. The Morgan fingerprint density at radius 2 is 2.67 bits per heavy atom. The number of aliphatic imine (C=N–C) groups is 1. The molecule has 1 rings (SSSR count). The van der Waals surface area contributed by atoms with E-state index in [0.717, 1.165) is 19.5 Å². The van der Waals surface area contributed by atoms with Gasteiger partial charge in [0.2, 0.25) is 0 Å². The van der Waals surface area contributed by atoms with Crippen molar-refractivity contribution in [2.75, 3.05) is 13.1 Å². The van der Waals surface area contributed by atoms with Crippen LogP contribution in [0.1, 0.15) is 13.3 Å². The molecule has 1 aliphatic rings. The molecule has 0 spiro atoms. The van der Waals surface area contributed by atoms with Crippen molar-refractivity contribution >= 4 is 19.0 Å². The van der Waals surface area contributed by atoms with E-state index < -0.39 is 0 Å². The summed E-state index contributed by atoms with van der Waals surface area (Å²) in [4.78, 5) is 6.17. The van der Waals surface area contributed by atoms with Crippen LogP contribution in [0.3, 0.4) is 0 Å². The molecule has 0 aliphatic carbocycles. The molecule has 0 fully saturated rings. The Morgan fingerprint density at radius 1 is 1.89 bits per heavy atom. The molecule has 3 heteroatoms. The van der Waals surface area contributed by atoms with Gasteiger partial charge in [0.25, 0.3) is 0 Å². The molecule has 1 heterocycles. The Balaban J connectivity index is 2.33. The molecule has 0 aromatic rings. The van der Waals surface area contributed by atoms with Crippen LogP contribution in [0.2, 0.25) is 0 Å². The van der Waals surface area contributed by atoms with Crippen LogP contribution in [0.5, 0.6) is 0 Å². The van der Waals surface area contributed by atoms with Gasteiger partial charge in [-0.15, -0.1) is 0 Å². The quantitative estimate of drug-likeness (QED) is 0.568. The fraction of sp³-hybridized carbons (Fsp3) is 0.833. The van der Waals surface area contributed by atoms with Crippen LogP contribution in [0, 0.1) is 0 Å². The smallest absolute Gasteiger partial charge is 0.0860 e. The number of hydrogen-bond acceptors (Lipinski definition) is 2. The van der Waals surface area contributed by atoms with Gasteiger partial charge in [-0.2, -0.15) is 0 Å². The molecule has 0 amide bonds. The second kappa shape index (κ2) is 3.11. The van der Waals surface area contributed by atoms with Gasteiger partial charge < -0.3 is 4.90 Å². The van der Waals surface area contributed by atoms with Crippen molar-refractivity contribution in [3.63, 3.8) is 0 Å².